The largest absolute Gasteiger partial charge is 0.481 e. The maximum absolute atomic E-state index is 10.4. The molecule has 0 radical (unpaired) electrons. The van der Waals surface area contributed by atoms with Crippen LogP contribution in [-0.2, 0) is 4.79 Å². The van der Waals surface area contributed by atoms with E-state index in [-0.39, 0.29) is 6.42 Å². The zero-order valence-corrected chi connectivity index (χ0v) is 15.3. The Balaban J connectivity index is 3.91. The van der Waals surface area contributed by atoms with E-state index in [4.69, 9.17) is 5.11 Å². The number of unbranched alkanes of at least 4 members (excludes halogenated alkanes) is 6. The van der Waals surface area contributed by atoms with Crippen LogP contribution in [-0.4, -0.2) is 44.2 Å². The zero-order valence-electron chi connectivity index (χ0n) is 15.3. The van der Waals surface area contributed by atoms with Gasteiger partial charge in [0.15, 0.2) is 0 Å². The summed E-state index contributed by atoms with van der Waals surface area (Å²) in [6.45, 7) is 3.79. The summed E-state index contributed by atoms with van der Waals surface area (Å²) in [7, 11) is 0. The Morgan fingerprint density at radius 2 is 1.67 bits per heavy atom. The van der Waals surface area contributed by atoms with Gasteiger partial charge >= 0.3 is 5.97 Å². The molecule has 0 heterocycles. The summed E-state index contributed by atoms with van der Waals surface area (Å²) in [6, 6.07) is 0. The monoisotopic (exact) mass is 344 g/mol. The summed E-state index contributed by atoms with van der Waals surface area (Å²) in [4.78, 5) is 10.4. The van der Waals surface area contributed by atoms with Crippen LogP contribution < -0.4 is 0 Å². The molecular formula is C19H36O5. The fourth-order valence-electron chi connectivity index (χ4n) is 2.58. The predicted octanol–water partition coefficient (Wildman–Crippen LogP) is 3.41. The van der Waals surface area contributed by atoms with Gasteiger partial charge in [-0.2, -0.15) is 0 Å². The normalized spacial score (nSPS) is 16.9. The first-order chi connectivity index (χ1) is 11.3. The van der Waals surface area contributed by atoms with Gasteiger partial charge in [-0.25, -0.2) is 0 Å². The zero-order chi connectivity index (χ0) is 18.4. The second-order valence-corrected chi connectivity index (χ2v) is 6.93. The molecule has 0 aliphatic rings. The first-order valence-electron chi connectivity index (χ1n) is 9.28. The summed E-state index contributed by atoms with van der Waals surface area (Å²) >= 11 is 0. The molecule has 0 saturated heterocycles. The molecule has 3 unspecified atom stereocenters. The number of hydrogen-bond acceptors (Lipinski definition) is 4. The van der Waals surface area contributed by atoms with Gasteiger partial charge in [-0.3, -0.25) is 4.79 Å². The number of aliphatic hydroxyl groups excluding tert-OH is 2. The molecule has 0 rings (SSSR count). The molecule has 24 heavy (non-hydrogen) atoms. The highest BCUT2D eigenvalue weighted by atomic mass is 16.4. The molecule has 0 aliphatic heterocycles. The molecular weight excluding hydrogens is 308 g/mol. The molecule has 0 bridgehead atoms. The van der Waals surface area contributed by atoms with Crippen LogP contribution in [0.25, 0.3) is 0 Å². The highest BCUT2D eigenvalue weighted by Crippen LogP contribution is 2.18. The second-order valence-electron chi connectivity index (χ2n) is 6.93. The van der Waals surface area contributed by atoms with E-state index in [1.54, 1.807) is 13.0 Å². The van der Waals surface area contributed by atoms with Gasteiger partial charge in [0.2, 0.25) is 0 Å². The minimum atomic E-state index is -0.995. The number of aliphatic carboxylic acids is 1. The van der Waals surface area contributed by atoms with E-state index in [1.165, 1.54) is 6.08 Å². The van der Waals surface area contributed by atoms with Crippen molar-refractivity contribution in [1.82, 2.24) is 0 Å². The van der Waals surface area contributed by atoms with E-state index in [9.17, 15) is 20.1 Å². The van der Waals surface area contributed by atoms with Crippen LogP contribution in [0.3, 0.4) is 0 Å². The fourth-order valence-corrected chi connectivity index (χ4v) is 2.58. The molecule has 5 heteroatoms. The summed E-state index contributed by atoms with van der Waals surface area (Å²) in [5, 5.41) is 38.6. The number of carbonyl (C=O) groups is 1. The van der Waals surface area contributed by atoms with Crippen LogP contribution in [0.15, 0.2) is 12.2 Å². The third-order valence-corrected chi connectivity index (χ3v) is 4.22. The van der Waals surface area contributed by atoms with E-state index in [1.807, 2.05) is 0 Å². The molecule has 0 aromatic heterocycles. The molecule has 0 aromatic carbocycles. The molecule has 0 aliphatic carbocycles. The van der Waals surface area contributed by atoms with Gasteiger partial charge in [0, 0.05) is 6.42 Å². The van der Waals surface area contributed by atoms with Crippen LogP contribution in [0.2, 0.25) is 0 Å². The Hall–Kier alpha value is -0.910. The van der Waals surface area contributed by atoms with Gasteiger partial charge in [0.05, 0.1) is 17.8 Å². The van der Waals surface area contributed by atoms with Crippen LogP contribution in [0, 0.1) is 0 Å². The van der Waals surface area contributed by atoms with Crippen molar-refractivity contribution in [3.63, 3.8) is 0 Å². The third kappa shape index (κ3) is 13.5. The highest BCUT2D eigenvalue weighted by molar-refractivity contribution is 5.66. The quantitative estimate of drug-likeness (QED) is 0.270. The van der Waals surface area contributed by atoms with Crippen molar-refractivity contribution in [3.05, 3.63) is 12.2 Å². The fraction of sp³-hybridized carbons (Fsp3) is 0.842. The maximum Gasteiger partial charge on any atom is 0.303 e. The molecule has 4 N–H and O–H groups in total. The number of aliphatic hydroxyl groups is 3. The lowest BCUT2D eigenvalue weighted by Crippen LogP contribution is -2.26. The van der Waals surface area contributed by atoms with Crippen molar-refractivity contribution >= 4 is 5.97 Å². The second kappa shape index (κ2) is 13.4. The van der Waals surface area contributed by atoms with Crippen LogP contribution in [0.4, 0.5) is 0 Å². The minimum Gasteiger partial charge on any atom is -0.481 e. The molecule has 0 aromatic rings. The topological polar surface area (TPSA) is 98.0 Å². The van der Waals surface area contributed by atoms with Gasteiger partial charge in [-0.05, 0) is 26.2 Å². The minimum absolute atomic E-state index is 0.221. The summed E-state index contributed by atoms with van der Waals surface area (Å²) < 4.78 is 0. The van der Waals surface area contributed by atoms with E-state index in [0.29, 0.717) is 19.3 Å². The number of rotatable bonds is 15. The van der Waals surface area contributed by atoms with Crippen LogP contribution in [0.1, 0.15) is 84.5 Å². The first-order valence-corrected chi connectivity index (χ1v) is 9.28. The van der Waals surface area contributed by atoms with Crippen molar-refractivity contribution in [2.45, 2.75) is 102 Å². The van der Waals surface area contributed by atoms with Gasteiger partial charge < -0.3 is 20.4 Å². The SMILES string of the molecule is CCCCCC(O)C(O)/C=C/C(C)(O)CCCCCCCC(=O)O. The van der Waals surface area contributed by atoms with Gasteiger partial charge in [0.1, 0.15) is 0 Å². The number of carboxylic acid groups (broad SMARTS) is 1. The van der Waals surface area contributed by atoms with Crippen LogP contribution >= 0.6 is 0 Å². The van der Waals surface area contributed by atoms with E-state index >= 15 is 0 Å². The Morgan fingerprint density at radius 1 is 1.04 bits per heavy atom. The number of carboxylic acids is 1. The lowest BCUT2D eigenvalue weighted by molar-refractivity contribution is -0.137. The van der Waals surface area contributed by atoms with Crippen molar-refractivity contribution in [1.29, 1.82) is 0 Å². The third-order valence-electron chi connectivity index (χ3n) is 4.22. The molecule has 0 fully saturated rings. The average molecular weight is 344 g/mol. The van der Waals surface area contributed by atoms with E-state index in [0.717, 1.165) is 44.9 Å². The Bertz CT molecular complexity index is 352. The lowest BCUT2D eigenvalue weighted by atomic mass is 9.95. The average Bonchev–Trinajstić information content (AvgIpc) is 2.51. The first kappa shape index (κ1) is 23.1. The lowest BCUT2D eigenvalue weighted by Gasteiger charge is -2.21. The van der Waals surface area contributed by atoms with Gasteiger partial charge in [-0.15, -0.1) is 0 Å². The summed E-state index contributed by atoms with van der Waals surface area (Å²) in [5.74, 6) is -0.751. The highest BCUT2D eigenvalue weighted by Gasteiger charge is 2.18. The van der Waals surface area contributed by atoms with Gasteiger partial charge in [0.25, 0.3) is 0 Å². The molecule has 3 atom stereocenters. The molecule has 0 spiro atoms. The van der Waals surface area contributed by atoms with Crippen LogP contribution in [0.5, 0.6) is 0 Å². The van der Waals surface area contributed by atoms with Crippen molar-refractivity contribution in [3.8, 4) is 0 Å². The molecule has 5 nitrogen and oxygen atoms in total. The molecule has 142 valence electrons. The van der Waals surface area contributed by atoms with E-state index in [2.05, 4.69) is 6.92 Å². The van der Waals surface area contributed by atoms with Crippen molar-refractivity contribution in [2.24, 2.45) is 0 Å². The predicted molar refractivity (Wildman–Crippen MR) is 95.9 cm³/mol. The van der Waals surface area contributed by atoms with E-state index < -0.39 is 23.8 Å². The van der Waals surface area contributed by atoms with Crippen molar-refractivity contribution in [2.75, 3.05) is 0 Å². The summed E-state index contributed by atoms with van der Waals surface area (Å²) in [5.41, 5.74) is -0.995. The Morgan fingerprint density at radius 3 is 2.29 bits per heavy atom. The van der Waals surface area contributed by atoms with Crippen molar-refractivity contribution < 1.29 is 25.2 Å². The maximum atomic E-state index is 10.4. The Kier molecular flexibility index (Phi) is 12.9. The number of hydrogen-bond donors (Lipinski definition) is 4. The standard InChI is InChI=1S/C19H36O5/c1-3-4-8-11-16(20)17(21)13-15-19(2,24)14-10-7-5-6-9-12-18(22)23/h13,15-17,20-21,24H,3-12,14H2,1-2H3,(H,22,23)/b15-13+. The molecule has 0 saturated carbocycles. The smallest absolute Gasteiger partial charge is 0.303 e. The Labute approximate surface area is 146 Å². The van der Waals surface area contributed by atoms with Gasteiger partial charge in [-0.1, -0.05) is 64.0 Å². The summed E-state index contributed by atoms with van der Waals surface area (Å²) in [6.07, 6.45) is 10.1. The molecule has 0 amide bonds.